The van der Waals surface area contributed by atoms with Gasteiger partial charge in [0.15, 0.2) is 0 Å². The van der Waals surface area contributed by atoms with Gasteiger partial charge in [0.1, 0.15) is 23.7 Å². The second kappa shape index (κ2) is 15.7. The minimum Gasteiger partial charge on any atom is -0.486 e. The van der Waals surface area contributed by atoms with Crippen LogP contribution in [0.4, 0.5) is 30.4 Å². The summed E-state index contributed by atoms with van der Waals surface area (Å²) in [7, 11) is 0. The molecule has 5 aliphatic heterocycles. The molecule has 0 radical (unpaired) electrons. The van der Waals surface area contributed by atoms with E-state index in [1.807, 2.05) is 6.07 Å². The Morgan fingerprint density at radius 1 is 0.879 bits per heavy atom. The second-order valence-electron chi connectivity index (χ2n) is 15.5. The standard InChI is InChI=1S/C41H41F3N8O6/c42-41(43,44)33-18-28(2-1-26(33)19-45)51-15-11-25(12-16-51)37(54)47-35-7-4-29(20-46-35)58-30-22-49(23-30)21-24-9-13-50(14-10-24)27-3-5-31-32(17-27)40(57)52(39(31)56)34-6-8-36(53)48-38(34)55/h1-5,7,17-18,20,24-25,30,34H,6,8-16,21-23H2,(H,46,47,54)(H,48,53,55). The number of hydrogen-bond acceptors (Lipinski definition) is 11. The van der Waals surface area contributed by atoms with Crippen LogP contribution in [0, 0.1) is 23.2 Å². The lowest BCUT2D eigenvalue weighted by Crippen LogP contribution is -2.55. The van der Waals surface area contributed by atoms with Crippen LogP contribution in [-0.2, 0) is 20.6 Å². The number of alkyl halides is 3. The molecule has 1 atom stereocenters. The number of amides is 5. The number of ether oxygens (including phenoxy) is 1. The van der Waals surface area contributed by atoms with Crippen molar-refractivity contribution < 1.29 is 41.9 Å². The molecule has 302 valence electrons. The molecule has 6 heterocycles. The normalized spacial score (nSPS) is 21.1. The first kappa shape index (κ1) is 38.8. The number of benzene rings is 2. The largest absolute Gasteiger partial charge is 0.486 e. The number of carbonyl (C=O) groups is 5. The van der Waals surface area contributed by atoms with Gasteiger partial charge in [-0.15, -0.1) is 0 Å². The number of fused-ring (bicyclic) bond motifs is 1. The quantitative estimate of drug-likeness (QED) is 0.298. The van der Waals surface area contributed by atoms with E-state index in [2.05, 4.69) is 25.4 Å². The SMILES string of the molecule is N#Cc1ccc(N2CCC(C(=O)Nc3ccc(OC4CN(CC5CCN(c6ccc7c(c6)C(=O)N(C6CCC(=O)NC6=O)C7=O)CC5)C4)cn3)CC2)cc1C(F)(F)F. The molecule has 2 N–H and O–H groups in total. The molecule has 4 saturated heterocycles. The molecule has 2 aromatic carbocycles. The molecule has 3 aromatic rings. The van der Waals surface area contributed by atoms with E-state index in [9.17, 15) is 37.1 Å². The fraction of sp³-hybridized carbons (Fsp3) is 0.439. The van der Waals surface area contributed by atoms with Gasteiger partial charge in [-0.25, -0.2) is 4.98 Å². The molecular weight excluding hydrogens is 757 g/mol. The van der Waals surface area contributed by atoms with Crippen molar-refractivity contribution in [2.75, 3.05) is 60.9 Å². The Morgan fingerprint density at radius 3 is 2.21 bits per heavy atom. The second-order valence-corrected chi connectivity index (χ2v) is 15.5. The first-order valence-corrected chi connectivity index (χ1v) is 19.5. The van der Waals surface area contributed by atoms with Gasteiger partial charge >= 0.3 is 6.18 Å². The van der Waals surface area contributed by atoms with Crippen molar-refractivity contribution in [1.82, 2.24) is 20.1 Å². The van der Waals surface area contributed by atoms with Crippen molar-refractivity contribution in [2.24, 2.45) is 11.8 Å². The van der Waals surface area contributed by atoms with Gasteiger partial charge in [0, 0.05) is 69.5 Å². The lowest BCUT2D eigenvalue weighted by Gasteiger charge is -2.42. The van der Waals surface area contributed by atoms with Gasteiger partial charge in [-0.05, 0) is 86.6 Å². The van der Waals surface area contributed by atoms with E-state index < -0.39 is 47.0 Å². The minimum absolute atomic E-state index is 0.0160. The molecular formula is C41H41F3N8O6. The van der Waals surface area contributed by atoms with Gasteiger partial charge in [0.2, 0.25) is 17.7 Å². The lowest BCUT2D eigenvalue weighted by atomic mass is 9.94. The Morgan fingerprint density at radius 2 is 1.55 bits per heavy atom. The van der Waals surface area contributed by atoms with Gasteiger partial charge in [0.25, 0.3) is 11.8 Å². The third-order valence-electron chi connectivity index (χ3n) is 11.8. The predicted molar refractivity (Wildman–Crippen MR) is 203 cm³/mol. The average Bonchev–Trinajstić information content (AvgIpc) is 3.45. The number of pyridine rings is 1. The van der Waals surface area contributed by atoms with E-state index in [-0.39, 0.29) is 41.9 Å². The summed E-state index contributed by atoms with van der Waals surface area (Å²) in [5.41, 5.74) is 0.392. The van der Waals surface area contributed by atoms with Crippen LogP contribution in [0.5, 0.6) is 5.75 Å². The number of likely N-dealkylation sites (tertiary alicyclic amines) is 1. The van der Waals surface area contributed by atoms with Crippen molar-refractivity contribution in [2.45, 2.75) is 56.8 Å². The van der Waals surface area contributed by atoms with Gasteiger partial charge in [0.05, 0.1) is 34.5 Å². The number of carbonyl (C=O) groups excluding carboxylic acids is 5. The highest BCUT2D eigenvalue weighted by Crippen LogP contribution is 2.36. The highest BCUT2D eigenvalue weighted by molar-refractivity contribution is 6.23. The zero-order valence-electron chi connectivity index (χ0n) is 31.5. The maximum absolute atomic E-state index is 13.4. The summed E-state index contributed by atoms with van der Waals surface area (Å²) in [6.45, 7) is 4.90. The number of imide groups is 2. The third-order valence-corrected chi connectivity index (χ3v) is 11.8. The number of halogens is 3. The van der Waals surface area contributed by atoms with Crippen LogP contribution in [0.2, 0.25) is 0 Å². The van der Waals surface area contributed by atoms with Crippen molar-refractivity contribution in [3.8, 4) is 11.8 Å². The van der Waals surface area contributed by atoms with Gasteiger partial charge in [-0.3, -0.25) is 39.1 Å². The monoisotopic (exact) mass is 798 g/mol. The van der Waals surface area contributed by atoms with Crippen molar-refractivity contribution >= 4 is 46.7 Å². The topological polar surface area (TPSA) is 168 Å². The Hall–Kier alpha value is -6.02. The number of rotatable bonds is 9. The number of nitrogens with zero attached hydrogens (tertiary/aromatic N) is 6. The number of hydrogen-bond donors (Lipinski definition) is 2. The molecule has 17 heteroatoms. The van der Waals surface area contributed by atoms with E-state index in [1.165, 1.54) is 12.1 Å². The fourth-order valence-corrected chi connectivity index (χ4v) is 8.55. The van der Waals surface area contributed by atoms with E-state index in [0.29, 0.717) is 49.1 Å². The number of aromatic nitrogens is 1. The van der Waals surface area contributed by atoms with Crippen LogP contribution in [0.3, 0.4) is 0 Å². The molecule has 5 aliphatic rings. The van der Waals surface area contributed by atoms with Crippen molar-refractivity contribution in [1.29, 1.82) is 5.26 Å². The molecule has 0 bridgehead atoms. The molecule has 0 saturated carbocycles. The number of nitriles is 1. The molecule has 8 rings (SSSR count). The maximum atomic E-state index is 13.4. The third kappa shape index (κ3) is 7.93. The van der Waals surface area contributed by atoms with Gasteiger partial charge in [-0.1, -0.05) is 0 Å². The zero-order valence-corrected chi connectivity index (χ0v) is 31.5. The van der Waals surface area contributed by atoms with E-state index >= 15 is 0 Å². The minimum atomic E-state index is -4.63. The summed E-state index contributed by atoms with van der Waals surface area (Å²) >= 11 is 0. The smallest absolute Gasteiger partial charge is 0.417 e. The molecule has 4 fully saturated rings. The Labute approximate surface area is 331 Å². The van der Waals surface area contributed by atoms with Crippen LogP contribution in [-0.4, -0.2) is 102 Å². The van der Waals surface area contributed by atoms with Crippen molar-refractivity contribution in [3.63, 3.8) is 0 Å². The van der Waals surface area contributed by atoms with Crippen LogP contribution >= 0.6 is 0 Å². The highest BCUT2D eigenvalue weighted by atomic mass is 19.4. The summed E-state index contributed by atoms with van der Waals surface area (Å²) in [6, 6.07) is 13.0. The first-order chi connectivity index (χ1) is 27.8. The number of nitrogens with one attached hydrogen (secondary N) is 2. The van der Waals surface area contributed by atoms with E-state index in [4.69, 9.17) is 10.00 Å². The summed E-state index contributed by atoms with van der Waals surface area (Å²) in [6.07, 6.45) is -0.00843. The molecule has 58 heavy (non-hydrogen) atoms. The summed E-state index contributed by atoms with van der Waals surface area (Å²) < 4.78 is 46.4. The Kier molecular flexibility index (Phi) is 10.5. The summed E-state index contributed by atoms with van der Waals surface area (Å²) in [5, 5.41) is 14.1. The Bertz CT molecular complexity index is 2170. The Balaban J connectivity index is 0.746. The van der Waals surface area contributed by atoms with E-state index in [1.54, 1.807) is 41.4 Å². The first-order valence-electron chi connectivity index (χ1n) is 19.5. The molecule has 5 amide bonds. The van der Waals surface area contributed by atoms with Crippen LogP contribution in [0.15, 0.2) is 54.7 Å². The predicted octanol–water partition coefficient (Wildman–Crippen LogP) is 4.21. The maximum Gasteiger partial charge on any atom is 0.417 e. The summed E-state index contributed by atoms with van der Waals surface area (Å²) in [4.78, 5) is 75.0. The molecule has 0 spiro atoms. The molecule has 0 aliphatic carbocycles. The number of anilines is 3. The summed E-state index contributed by atoms with van der Waals surface area (Å²) in [5.74, 6) is -1.10. The molecule has 1 unspecified atom stereocenters. The zero-order chi connectivity index (χ0) is 40.7. The van der Waals surface area contributed by atoms with Crippen molar-refractivity contribution in [3.05, 3.63) is 77.0 Å². The molecule has 14 nitrogen and oxygen atoms in total. The van der Waals surface area contributed by atoms with Crippen LogP contribution < -0.4 is 25.2 Å². The number of piperidine rings is 3. The lowest BCUT2D eigenvalue weighted by molar-refractivity contribution is -0.138. The van der Waals surface area contributed by atoms with E-state index in [0.717, 1.165) is 62.2 Å². The fourth-order valence-electron chi connectivity index (χ4n) is 8.55. The van der Waals surface area contributed by atoms with Crippen LogP contribution in [0.25, 0.3) is 0 Å². The average molecular weight is 799 g/mol. The highest BCUT2D eigenvalue weighted by Gasteiger charge is 2.45. The molecule has 1 aromatic heterocycles. The van der Waals surface area contributed by atoms with Crippen LogP contribution in [0.1, 0.15) is 70.4 Å². The van der Waals surface area contributed by atoms with Gasteiger partial charge in [-0.2, -0.15) is 18.4 Å². The van der Waals surface area contributed by atoms with Gasteiger partial charge < -0.3 is 19.9 Å².